The molecule has 0 radical (unpaired) electrons. The van der Waals surface area contributed by atoms with Crippen LogP contribution in [0.1, 0.15) is 0 Å². The number of carbonyl (C=O) groups is 1. The van der Waals surface area contributed by atoms with Crippen molar-refractivity contribution in [1.82, 2.24) is 0 Å². The summed E-state index contributed by atoms with van der Waals surface area (Å²) in [5.74, 6) is -0.970. The second-order valence-corrected chi connectivity index (χ2v) is 1.31. The van der Waals surface area contributed by atoms with Crippen molar-refractivity contribution in [3.8, 4) is 0 Å². The van der Waals surface area contributed by atoms with Crippen molar-refractivity contribution >= 4 is 5.97 Å². The van der Waals surface area contributed by atoms with Gasteiger partial charge < -0.3 is 5.11 Å². The van der Waals surface area contributed by atoms with E-state index in [1.165, 1.54) is 0 Å². The Balaban J connectivity index is 3.24. The van der Waals surface area contributed by atoms with E-state index in [-0.39, 0.29) is 6.54 Å². The fraction of sp³-hybridized carbons (Fsp3) is 0.400. The lowest BCUT2D eigenvalue weighted by Gasteiger charge is -1.81. The molecule has 0 aliphatic heterocycles. The molecule has 0 saturated carbocycles. The molecule has 0 aromatic rings. The van der Waals surface area contributed by atoms with Crippen molar-refractivity contribution in [2.24, 2.45) is 10.2 Å². The molecule has 0 rings (SSSR count). The zero-order valence-corrected chi connectivity index (χ0v) is 4.95. The molecule has 4 heteroatoms. The summed E-state index contributed by atoms with van der Waals surface area (Å²) in [6, 6.07) is 0. The summed E-state index contributed by atoms with van der Waals surface area (Å²) in [5, 5.41) is 14.8. The van der Waals surface area contributed by atoms with Gasteiger partial charge in [-0.25, -0.2) is 0 Å². The summed E-state index contributed by atoms with van der Waals surface area (Å²) >= 11 is 0. The smallest absolute Gasteiger partial charge is 0.327 e. The lowest BCUT2D eigenvalue weighted by atomic mass is 10.7. The first-order valence-electron chi connectivity index (χ1n) is 2.43. The van der Waals surface area contributed by atoms with Gasteiger partial charge in [0.25, 0.3) is 0 Å². The van der Waals surface area contributed by atoms with Crippen LogP contribution in [0.5, 0.6) is 0 Å². The lowest BCUT2D eigenvalue weighted by Crippen LogP contribution is -1.97. The van der Waals surface area contributed by atoms with Gasteiger partial charge in [-0.15, -0.1) is 6.58 Å². The van der Waals surface area contributed by atoms with Crippen molar-refractivity contribution in [1.29, 1.82) is 0 Å². The van der Waals surface area contributed by atoms with Gasteiger partial charge in [0.05, 0.1) is 6.54 Å². The second kappa shape index (κ2) is 4.96. The maximum atomic E-state index is 9.78. The molecule has 0 heterocycles. The molecule has 50 valence electrons. The third kappa shape index (κ3) is 6.81. The summed E-state index contributed by atoms with van der Waals surface area (Å²) in [7, 11) is 0. The number of carboxylic acids is 1. The van der Waals surface area contributed by atoms with Crippen LogP contribution in [0.25, 0.3) is 0 Å². The quantitative estimate of drug-likeness (QED) is 0.447. The van der Waals surface area contributed by atoms with Gasteiger partial charge >= 0.3 is 5.97 Å². The molecule has 0 spiro atoms. The predicted molar refractivity (Wildman–Crippen MR) is 32.4 cm³/mol. The molecule has 1 N–H and O–H groups in total. The lowest BCUT2D eigenvalue weighted by molar-refractivity contribution is -0.135. The molecule has 0 amide bonds. The number of aliphatic carboxylic acids is 1. The minimum absolute atomic E-state index is 0.256. The number of nitrogens with zero attached hydrogens (tertiary/aromatic N) is 2. The first-order valence-corrected chi connectivity index (χ1v) is 2.43. The average Bonchev–Trinajstić information content (AvgIpc) is 1.80. The van der Waals surface area contributed by atoms with E-state index in [9.17, 15) is 4.79 Å². The Morgan fingerprint density at radius 2 is 2.33 bits per heavy atom. The SMILES string of the molecule is C=CCN=NCC(=O)O. The Kier molecular flexibility index (Phi) is 4.30. The summed E-state index contributed by atoms with van der Waals surface area (Å²) in [6.45, 7) is 3.50. The average molecular weight is 128 g/mol. The van der Waals surface area contributed by atoms with Gasteiger partial charge in [0.15, 0.2) is 6.54 Å². The molecule has 0 aromatic heterocycles. The topological polar surface area (TPSA) is 62.0 Å². The van der Waals surface area contributed by atoms with E-state index in [0.717, 1.165) is 0 Å². The predicted octanol–water partition coefficient (Wildman–Crippen LogP) is 0.709. The van der Waals surface area contributed by atoms with Crippen molar-refractivity contribution < 1.29 is 9.90 Å². The van der Waals surface area contributed by atoms with Gasteiger partial charge in [0.2, 0.25) is 0 Å². The summed E-state index contributed by atoms with van der Waals surface area (Å²) in [5.41, 5.74) is 0. The van der Waals surface area contributed by atoms with Gasteiger partial charge in [-0.1, -0.05) is 6.08 Å². The van der Waals surface area contributed by atoms with Crippen molar-refractivity contribution in [3.63, 3.8) is 0 Å². The van der Waals surface area contributed by atoms with Crippen LogP contribution in [0.2, 0.25) is 0 Å². The molecule has 0 aliphatic rings. The van der Waals surface area contributed by atoms with Crippen molar-refractivity contribution in [3.05, 3.63) is 12.7 Å². The van der Waals surface area contributed by atoms with E-state index in [2.05, 4.69) is 16.8 Å². The normalized spacial score (nSPS) is 9.78. The Labute approximate surface area is 52.9 Å². The molecule has 0 aromatic carbocycles. The first kappa shape index (κ1) is 7.81. The van der Waals surface area contributed by atoms with Crippen LogP contribution in [0.4, 0.5) is 0 Å². The molecule has 0 fully saturated rings. The molecular weight excluding hydrogens is 120 g/mol. The van der Waals surface area contributed by atoms with Crippen molar-refractivity contribution in [2.45, 2.75) is 0 Å². The molecule has 0 atom stereocenters. The zero-order valence-electron chi connectivity index (χ0n) is 4.95. The van der Waals surface area contributed by atoms with E-state index < -0.39 is 5.97 Å². The van der Waals surface area contributed by atoms with Gasteiger partial charge in [-0.3, -0.25) is 4.79 Å². The van der Waals surface area contributed by atoms with E-state index >= 15 is 0 Å². The van der Waals surface area contributed by atoms with Crippen LogP contribution >= 0.6 is 0 Å². The highest BCUT2D eigenvalue weighted by atomic mass is 16.4. The Hall–Kier alpha value is -1.19. The van der Waals surface area contributed by atoms with Crippen LogP contribution in [0.15, 0.2) is 22.9 Å². The highest BCUT2D eigenvalue weighted by molar-refractivity contribution is 5.69. The highest BCUT2D eigenvalue weighted by Crippen LogP contribution is 1.75. The standard InChI is InChI=1S/C5H8N2O2/c1-2-3-6-7-4-5(8)9/h2H,1,3-4H2,(H,8,9). The van der Waals surface area contributed by atoms with E-state index in [0.29, 0.717) is 6.54 Å². The molecular formula is C5H8N2O2. The molecule has 9 heavy (non-hydrogen) atoms. The fourth-order valence-electron chi connectivity index (χ4n) is 0.226. The monoisotopic (exact) mass is 128 g/mol. The molecule has 0 aliphatic carbocycles. The number of azo groups is 1. The molecule has 0 bridgehead atoms. The van der Waals surface area contributed by atoms with E-state index in [4.69, 9.17) is 5.11 Å². The van der Waals surface area contributed by atoms with Gasteiger partial charge in [-0.05, 0) is 0 Å². The van der Waals surface area contributed by atoms with Gasteiger partial charge in [-0.2, -0.15) is 10.2 Å². The minimum atomic E-state index is -0.970. The number of carboxylic acid groups (broad SMARTS) is 1. The number of hydrogen-bond acceptors (Lipinski definition) is 3. The van der Waals surface area contributed by atoms with Gasteiger partial charge in [0, 0.05) is 0 Å². The van der Waals surface area contributed by atoms with E-state index in [1.54, 1.807) is 6.08 Å². The second-order valence-electron chi connectivity index (χ2n) is 1.31. The van der Waals surface area contributed by atoms with Crippen LogP contribution in [-0.2, 0) is 4.79 Å². The van der Waals surface area contributed by atoms with Crippen LogP contribution in [0.3, 0.4) is 0 Å². The minimum Gasteiger partial charge on any atom is -0.480 e. The van der Waals surface area contributed by atoms with Crippen LogP contribution in [-0.4, -0.2) is 24.2 Å². The number of rotatable bonds is 4. The van der Waals surface area contributed by atoms with E-state index in [1.807, 2.05) is 0 Å². The maximum Gasteiger partial charge on any atom is 0.327 e. The third-order valence-corrected chi connectivity index (χ3v) is 0.517. The first-order chi connectivity index (χ1) is 4.27. The maximum absolute atomic E-state index is 9.78. The zero-order chi connectivity index (χ0) is 7.11. The Morgan fingerprint density at radius 1 is 1.67 bits per heavy atom. The molecule has 4 nitrogen and oxygen atoms in total. The third-order valence-electron chi connectivity index (χ3n) is 0.517. The summed E-state index contributed by atoms with van der Waals surface area (Å²) in [4.78, 5) is 9.78. The van der Waals surface area contributed by atoms with Crippen LogP contribution in [0, 0.1) is 0 Å². The number of hydrogen-bond donors (Lipinski definition) is 1. The van der Waals surface area contributed by atoms with Crippen LogP contribution < -0.4 is 0 Å². The fourth-order valence-corrected chi connectivity index (χ4v) is 0.226. The Morgan fingerprint density at radius 3 is 2.78 bits per heavy atom. The summed E-state index contributed by atoms with van der Waals surface area (Å²) in [6.07, 6.45) is 1.55. The molecule has 0 unspecified atom stereocenters. The summed E-state index contributed by atoms with van der Waals surface area (Å²) < 4.78 is 0. The highest BCUT2D eigenvalue weighted by Gasteiger charge is 1.88. The Bertz CT molecular complexity index is 131. The van der Waals surface area contributed by atoms with Crippen molar-refractivity contribution in [2.75, 3.05) is 13.1 Å². The molecule has 0 saturated heterocycles. The largest absolute Gasteiger partial charge is 0.480 e. The van der Waals surface area contributed by atoms with Gasteiger partial charge in [0.1, 0.15) is 0 Å².